The molecule has 1 saturated carbocycles. The molecule has 0 N–H and O–H groups in total. The average molecular weight is 290 g/mol. The first-order valence-corrected chi connectivity index (χ1v) is 8.40. The predicted molar refractivity (Wildman–Crippen MR) is 69.3 cm³/mol. The van der Waals surface area contributed by atoms with Crippen molar-refractivity contribution < 1.29 is 13.2 Å². The van der Waals surface area contributed by atoms with Gasteiger partial charge in [-0.25, -0.2) is 13.4 Å². The van der Waals surface area contributed by atoms with Crippen LogP contribution in [0.5, 0.6) is 5.75 Å². The monoisotopic (exact) mass is 289 g/mol. The smallest absolute Gasteiger partial charge is 0.278 e. The summed E-state index contributed by atoms with van der Waals surface area (Å²) in [7, 11) is 1.43. The van der Waals surface area contributed by atoms with Crippen molar-refractivity contribution in [1.29, 1.82) is 0 Å². The Hall–Kier alpha value is -0.810. The lowest BCUT2D eigenvalue weighted by atomic mass is 9.90. The Balaban J connectivity index is 1.90. The van der Waals surface area contributed by atoms with E-state index in [2.05, 4.69) is 4.98 Å². The summed E-state index contributed by atoms with van der Waals surface area (Å²) in [6, 6.07) is 2.95. The highest BCUT2D eigenvalue weighted by Gasteiger charge is 2.15. The number of rotatable bonds is 4. The van der Waals surface area contributed by atoms with E-state index < -0.39 is 9.05 Å². The topological polar surface area (TPSA) is 56.3 Å². The molecular formula is C12H16ClNO3S. The largest absolute Gasteiger partial charge is 0.492 e. The van der Waals surface area contributed by atoms with Crippen molar-refractivity contribution in [3.8, 4) is 5.75 Å². The van der Waals surface area contributed by atoms with Crippen LogP contribution in [0.2, 0.25) is 0 Å². The zero-order valence-electron chi connectivity index (χ0n) is 10.0. The quantitative estimate of drug-likeness (QED) is 0.800. The molecule has 0 amide bonds. The summed E-state index contributed by atoms with van der Waals surface area (Å²) in [5.74, 6) is 1.19. The number of halogens is 1. The minimum atomic E-state index is -3.75. The number of hydrogen-bond donors (Lipinski definition) is 0. The third kappa shape index (κ3) is 3.85. The Kier molecular flexibility index (Phi) is 4.45. The molecule has 0 atom stereocenters. The molecule has 2 rings (SSSR count). The van der Waals surface area contributed by atoms with E-state index in [0.717, 1.165) is 0 Å². The van der Waals surface area contributed by atoms with E-state index in [0.29, 0.717) is 18.3 Å². The Bertz CT molecular complexity index is 481. The first kappa shape index (κ1) is 13.6. The van der Waals surface area contributed by atoms with Gasteiger partial charge >= 0.3 is 0 Å². The minimum absolute atomic E-state index is 0.144. The molecule has 1 heterocycles. The van der Waals surface area contributed by atoms with E-state index >= 15 is 0 Å². The molecule has 0 bridgehead atoms. The maximum absolute atomic E-state index is 11.0. The Morgan fingerprint density at radius 2 is 2.00 bits per heavy atom. The fourth-order valence-electron chi connectivity index (χ4n) is 2.16. The molecule has 0 saturated heterocycles. The number of ether oxygens (including phenoxy) is 1. The van der Waals surface area contributed by atoms with Crippen molar-refractivity contribution in [2.45, 2.75) is 37.1 Å². The Labute approximate surface area is 112 Å². The molecule has 0 spiro atoms. The minimum Gasteiger partial charge on any atom is -0.492 e. The Morgan fingerprint density at radius 1 is 1.28 bits per heavy atom. The first-order valence-electron chi connectivity index (χ1n) is 6.09. The van der Waals surface area contributed by atoms with Crippen LogP contribution in [0.1, 0.15) is 32.1 Å². The summed E-state index contributed by atoms with van der Waals surface area (Å²) < 4.78 is 27.6. The molecule has 4 nitrogen and oxygen atoms in total. The summed E-state index contributed by atoms with van der Waals surface area (Å²) in [5.41, 5.74) is 0. The fraction of sp³-hybridized carbons (Fsp3) is 0.583. The van der Waals surface area contributed by atoms with E-state index in [4.69, 9.17) is 15.4 Å². The third-order valence-electron chi connectivity index (χ3n) is 3.17. The second kappa shape index (κ2) is 5.89. The summed E-state index contributed by atoms with van der Waals surface area (Å²) >= 11 is 0. The number of pyridine rings is 1. The van der Waals surface area contributed by atoms with Crippen LogP contribution in [0.3, 0.4) is 0 Å². The van der Waals surface area contributed by atoms with E-state index in [1.165, 1.54) is 44.4 Å². The second-order valence-corrected chi connectivity index (χ2v) is 7.10. The van der Waals surface area contributed by atoms with Crippen LogP contribution in [0.4, 0.5) is 0 Å². The lowest BCUT2D eigenvalue weighted by Gasteiger charge is -2.21. The lowest BCUT2D eigenvalue weighted by Crippen LogP contribution is -2.15. The summed E-state index contributed by atoms with van der Waals surface area (Å²) in [5, 5.41) is -0.144. The van der Waals surface area contributed by atoms with Crippen molar-refractivity contribution in [3.63, 3.8) is 0 Å². The maximum Gasteiger partial charge on any atom is 0.278 e. The molecule has 1 aromatic rings. The van der Waals surface area contributed by atoms with E-state index in [1.54, 1.807) is 6.07 Å². The van der Waals surface area contributed by atoms with Gasteiger partial charge in [-0.15, -0.1) is 0 Å². The van der Waals surface area contributed by atoms with Crippen LogP contribution in [0.25, 0.3) is 0 Å². The van der Waals surface area contributed by atoms with Gasteiger partial charge in [-0.3, -0.25) is 0 Å². The van der Waals surface area contributed by atoms with Crippen molar-refractivity contribution in [2.75, 3.05) is 6.61 Å². The number of aromatic nitrogens is 1. The normalized spacial score (nSPS) is 17.6. The highest BCUT2D eigenvalue weighted by molar-refractivity contribution is 8.13. The SMILES string of the molecule is O=S(=O)(Cl)c1ccc(OCC2CCCCC2)cn1. The molecule has 1 aliphatic carbocycles. The maximum atomic E-state index is 11.0. The highest BCUT2D eigenvalue weighted by Crippen LogP contribution is 2.24. The van der Waals surface area contributed by atoms with Gasteiger partial charge in [0, 0.05) is 10.7 Å². The number of hydrogen-bond acceptors (Lipinski definition) is 4. The number of nitrogens with zero attached hydrogens (tertiary/aromatic N) is 1. The summed E-state index contributed by atoms with van der Waals surface area (Å²) in [6.07, 6.45) is 7.69. The van der Waals surface area contributed by atoms with E-state index in [-0.39, 0.29) is 5.03 Å². The molecule has 0 aromatic carbocycles. The fourth-order valence-corrected chi connectivity index (χ4v) is 2.85. The molecule has 1 aromatic heterocycles. The van der Waals surface area contributed by atoms with E-state index in [9.17, 15) is 8.42 Å². The molecule has 18 heavy (non-hydrogen) atoms. The van der Waals surface area contributed by atoms with Gasteiger partial charge in [0.25, 0.3) is 9.05 Å². The van der Waals surface area contributed by atoms with Crippen LogP contribution in [0.15, 0.2) is 23.4 Å². The molecule has 100 valence electrons. The second-order valence-electron chi connectivity index (χ2n) is 4.59. The van der Waals surface area contributed by atoms with Crippen molar-refractivity contribution >= 4 is 19.7 Å². The van der Waals surface area contributed by atoms with Crippen LogP contribution in [-0.2, 0) is 9.05 Å². The molecule has 1 aliphatic rings. The lowest BCUT2D eigenvalue weighted by molar-refractivity contribution is 0.208. The standard InChI is InChI=1S/C12H16ClNO3S/c13-18(15,16)12-7-6-11(8-14-12)17-9-10-4-2-1-3-5-10/h6-8,10H,1-5,9H2. The van der Waals surface area contributed by atoms with Crippen LogP contribution >= 0.6 is 10.7 Å². The summed E-state index contributed by atoms with van der Waals surface area (Å²) in [4.78, 5) is 3.77. The van der Waals surface area contributed by atoms with Gasteiger partial charge in [0.15, 0.2) is 5.03 Å². The molecule has 0 unspecified atom stereocenters. The molecular weight excluding hydrogens is 274 g/mol. The van der Waals surface area contributed by atoms with E-state index in [1.807, 2.05) is 0 Å². The first-order chi connectivity index (χ1) is 8.55. The van der Waals surface area contributed by atoms with Crippen LogP contribution in [-0.4, -0.2) is 20.0 Å². The van der Waals surface area contributed by atoms with Gasteiger partial charge < -0.3 is 4.74 Å². The average Bonchev–Trinajstić information content (AvgIpc) is 2.37. The molecule has 0 radical (unpaired) electrons. The Morgan fingerprint density at radius 3 is 2.56 bits per heavy atom. The predicted octanol–water partition coefficient (Wildman–Crippen LogP) is 2.97. The third-order valence-corrected chi connectivity index (χ3v) is 4.38. The van der Waals surface area contributed by atoms with Gasteiger partial charge in [0.2, 0.25) is 0 Å². The van der Waals surface area contributed by atoms with Crippen LogP contribution < -0.4 is 4.74 Å². The van der Waals surface area contributed by atoms with Crippen molar-refractivity contribution in [2.24, 2.45) is 5.92 Å². The van der Waals surface area contributed by atoms with Gasteiger partial charge in [0.1, 0.15) is 5.75 Å². The van der Waals surface area contributed by atoms with Crippen molar-refractivity contribution in [3.05, 3.63) is 18.3 Å². The van der Waals surface area contributed by atoms with Crippen molar-refractivity contribution in [1.82, 2.24) is 4.98 Å². The zero-order chi connectivity index (χ0) is 13.0. The zero-order valence-corrected chi connectivity index (χ0v) is 11.6. The highest BCUT2D eigenvalue weighted by atomic mass is 35.7. The molecule has 0 aliphatic heterocycles. The van der Waals surface area contributed by atoms with Gasteiger partial charge in [-0.2, -0.15) is 0 Å². The molecule has 1 fully saturated rings. The van der Waals surface area contributed by atoms with Gasteiger partial charge in [-0.1, -0.05) is 19.3 Å². The van der Waals surface area contributed by atoms with Crippen LogP contribution in [0, 0.1) is 5.92 Å². The summed E-state index contributed by atoms with van der Waals surface area (Å²) in [6.45, 7) is 0.675. The van der Waals surface area contributed by atoms with Gasteiger partial charge in [0.05, 0.1) is 12.8 Å². The molecule has 6 heteroatoms. The van der Waals surface area contributed by atoms with Gasteiger partial charge in [-0.05, 0) is 30.9 Å².